The maximum Gasteiger partial charge on any atom is 0.231 e. The molecule has 0 bridgehead atoms. The zero-order chi connectivity index (χ0) is 17.6. The molecule has 1 aromatic carbocycles. The lowest BCUT2D eigenvalue weighted by Crippen LogP contribution is -2.18. The summed E-state index contributed by atoms with van der Waals surface area (Å²) in [5.74, 6) is 2.42. The number of fused-ring (bicyclic) bond motifs is 2. The summed E-state index contributed by atoms with van der Waals surface area (Å²) >= 11 is 6.53. The standard InChI is InChI=1S/C18H15ClN2O4.ClH/c1-9-12-5-15-16(24-8-23-15)6-13(12)21-18(17(9)19)14-4-3-11(25-14)7-20-10(2)22;/h3-6H,7-8H2,1-2H3,(H,20,22);1H. The molecule has 0 atom stereocenters. The third-order valence-electron chi connectivity index (χ3n) is 4.07. The number of halogens is 2. The largest absolute Gasteiger partial charge is 0.458 e. The van der Waals surface area contributed by atoms with E-state index in [4.69, 9.17) is 25.5 Å². The van der Waals surface area contributed by atoms with Gasteiger partial charge in [0.25, 0.3) is 0 Å². The third-order valence-corrected chi connectivity index (χ3v) is 4.53. The van der Waals surface area contributed by atoms with E-state index in [1.807, 2.05) is 19.1 Å². The summed E-state index contributed by atoms with van der Waals surface area (Å²) in [6.07, 6.45) is 0. The molecule has 8 heteroatoms. The molecule has 3 aromatic rings. The van der Waals surface area contributed by atoms with Crippen molar-refractivity contribution in [3.8, 4) is 23.0 Å². The molecule has 0 spiro atoms. The van der Waals surface area contributed by atoms with Crippen LogP contribution in [-0.2, 0) is 11.3 Å². The Morgan fingerprint density at radius 3 is 2.73 bits per heavy atom. The number of carbonyl (C=O) groups excluding carboxylic acids is 1. The fraction of sp³-hybridized carbons (Fsp3) is 0.222. The first kappa shape index (κ1) is 18.4. The predicted octanol–water partition coefficient (Wildman–Crippen LogP) is 4.24. The number of hydrogen-bond donors (Lipinski definition) is 1. The molecule has 1 aliphatic rings. The fourth-order valence-electron chi connectivity index (χ4n) is 2.76. The van der Waals surface area contributed by atoms with Crippen LogP contribution in [0.2, 0.25) is 5.02 Å². The summed E-state index contributed by atoms with van der Waals surface area (Å²) in [5, 5.41) is 4.12. The molecule has 4 rings (SSSR count). The highest BCUT2D eigenvalue weighted by atomic mass is 35.5. The molecule has 6 nitrogen and oxygen atoms in total. The molecule has 2 aromatic heterocycles. The maximum atomic E-state index is 11.0. The van der Waals surface area contributed by atoms with Crippen molar-refractivity contribution < 1.29 is 18.7 Å². The number of pyridine rings is 1. The van der Waals surface area contributed by atoms with Gasteiger partial charge in [0.2, 0.25) is 12.7 Å². The van der Waals surface area contributed by atoms with Gasteiger partial charge in [-0.25, -0.2) is 4.98 Å². The van der Waals surface area contributed by atoms with E-state index >= 15 is 0 Å². The van der Waals surface area contributed by atoms with E-state index in [0.29, 0.717) is 40.3 Å². The number of aromatic nitrogens is 1. The van der Waals surface area contributed by atoms with E-state index in [0.717, 1.165) is 16.5 Å². The number of carbonyl (C=O) groups is 1. The lowest BCUT2D eigenvalue weighted by Gasteiger charge is -2.09. The summed E-state index contributed by atoms with van der Waals surface area (Å²) in [5.41, 5.74) is 2.19. The molecule has 1 N–H and O–H groups in total. The summed E-state index contributed by atoms with van der Waals surface area (Å²) < 4.78 is 16.6. The van der Waals surface area contributed by atoms with E-state index in [-0.39, 0.29) is 25.1 Å². The van der Waals surface area contributed by atoms with Gasteiger partial charge in [0.05, 0.1) is 17.1 Å². The van der Waals surface area contributed by atoms with Gasteiger partial charge in [-0.2, -0.15) is 0 Å². The Labute approximate surface area is 160 Å². The smallest absolute Gasteiger partial charge is 0.231 e. The van der Waals surface area contributed by atoms with Crippen molar-refractivity contribution in [1.29, 1.82) is 0 Å². The van der Waals surface area contributed by atoms with Crippen molar-refractivity contribution in [2.45, 2.75) is 20.4 Å². The Morgan fingerprint density at radius 2 is 2.00 bits per heavy atom. The summed E-state index contributed by atoms with van der Waals surface area (Å²) in [6, 6.07) is 7.32. The van der Waals surface area contributed by atoms with Gasteiger partial charge in [-0.1, -0.05) is 11.6 Å². The molecule has 1 amide bonds. The maximum absolute atomic E-state index is 11.0. The zero-order valence-electron chi connectivity index (χ0n) is 14.1. The fourth-order valence-corrected chi connectivity index (χ4v) is 3.00. The summed E-state index contributed by atoms with van der Waals surface area (Å²) in [6.45, 7) is 3.91. The average Bonchev–Trinajstić information content (AvgIpc) is 3.23. The van der Waals surface area contributed by atoms with Crippen molar-refractivity contribution in [3.63, 3.8) is 0 Å². The average molecular weight is 395 g/mol. The molecule has 0 aliphatic carbocycles. The predicted molar refractivity (Wildman–Crippen MR) is 100 cm³/mol. The molecular weight excluding hydrogens is 379 g/mol. The van der Waals surface area contributed by atoms with Gasteiger partial charge in [-0.3, -0.25) is 4.79 Å². The minimum absolute atomic E-state index is 0. The van der Waals surface area contributed by atoms with E-state index in [1.165, 1.54) is 6.92 Å². The SMILES string of the molecule is CC(=O)NCc1ccc(-c2nc3cc4c(cc3c(C)c2Cl)OCO4)o1.Cl. The van der Waals surface area contributed by atoms with Crippen LogP contribution in [0.5, 0.6) is 11.5 Å². The second-order valence-electron chi connectivity index (χ2n) is 5.80. The monoisotopic (exact) mass is 394 g/mol. The molecule has 3 heterocycles. The first-order valence-electron chi connectivity index (χ1n) is 7.76. The molecule has 136 valence electrons. The van der Waals surface area contributed by atoms with Gasteiger partial charge in [-0.15, -0.1) is 12.4 Å². The van der Waals surface area contributed by atoms with Crippen LogP contribution >= 0.6 is 24.0 Å². The highest BCUT2D eigenvalue weighted by Crippen LogP contribution is 2.40. The number of amides is 1. The Bertz CT molecular complexity index is 1000. The van der Waals surface area contributed by atoms with Crippen LogP contribution in [0.25, 0.3) is 22.4 Å². The Kier molecular flexibility index (Phi) is 4.98. The first-order valence-corrected chi connectivity index (χ1v) is 8.13. The second-order valence-corrected chi connectivity index (χ2v) is 6.18. The van der Waals surface area contributed by atoms with E-state index in [9.17, 15) is 4.79 Å². The Balaban J connectivity index is 0.00000196. The first-order chi connectivity index (χ1) is 12.0. The summed E-state index contributed by atoms with van der Waals surface area (Å²) in [7, 11) is 0. The number of ether oxygens (including phenoxy) is 2. The number of nitrogens with one attached hydrogen (secondary N) is 1. The van der Waals surface area contributed by atoms with Crippen LogP contribution < -0.4 is 14.8 Å². The van der Waals surface area contributed by atoms with Gasteiger partial charge in [0.1, 0.15) is 11.5 Å². The van der Waals surface area contributed by atoms with E-state index in [2.05, 4.69) is 10.3 Å². The minimum atomic E-state index is -0.119. The molecule has 1 aliphatic heterocycles. The van der Waals surface area contributed by atoms with Crippen LogP contribution in [0.4, 0.5) is 0 Å². The van der Waals surface area contributed by atoms with Crippen LogP contribution in [0.15, 0.2) is 28.7 Å². The highest BCUT2D eigenvalue weighted by molar-refractivity contribution is 6.34. The number of nitrogens with zero attached hydrogens (tertiary/aromatic N) is 1. The van der Waals surface area contributed by atoms with Gasteiger partial charge in [0, 0.05) is 18.4 Å². The molecule has 0 radical (unpaired) electrons. The number of aryl methyl sites for hydroxylation is 1. The molecule has 26 heavy (non-hydrogen) atoms. The third kappa shape index (κ3) is 3.18. The quantitative estimate of drug-likeness (QED) is 0.718. The van der Waals surface area contributed by atoms with Crippen molar-refractivity contribution in [1.82, 2.24) is 10.3 Å². The molecule has 0 fully saturated rings. The normalized spacial score (nSPS) is 12.1. The van der Waals surface area contributed by atoms with Crippen molar-refractivity contribution in [2.24, 2.45) is 0 Å². The Morgan fingerprint density at radius 1 is 1.27 bits per heavy atom. The van der Waals surface area contributed by atoms with Crippen LogP contribution in [0.1, 0.15) is 18.2 Å². The summed E-state index contributed by atoms with van der Waals surface area (Å²) in [4.78, 5) is 15.7. The molecule has 0 saturated carbocycles. The van der Waals surface area contributed by atoms with Crippen molar-refractivity contribution in [3.05, 3.63) is 40.6 Å². The Hall–Kier alpha value is -2.44. The minimum Gasteiger partial charge on any atom is -0.458 e. The van der Waals surface area contributed by atoms with Crippen molar-refractivity contribution >= 4 is 40.8 Å². The van der Waals surface area contributed by atoms with E-state index in [1.54, 1.807) is 12.1 Å². The second kappa shape index (κ2) is 7.05. The number of benzene rings is 1. The van der Waals surface area contributed by atoms with Gasteiger partial charge in [0.15, 0.2) is 17.3 Å². The van der Waals surface area contributed by atoms with E-state index < -0.39 is 0 Å². The number of furan rings is 1. The molecular formula is C18H16Cl2N2O4. The molecule has 0 saturated heterocycles. The van der Waals surface area contributed by atoms with Crippen molar-refractivity contribution in [2.75, 3.05) is 6.79 Å². The van der Waals surface area contributed by atoms with Gasteiger partial charge in [-0.05, 0) is 30.7 Å². The van der Waals surface area contributed by atoms with Gasteiger partial charge >= 0.3 is 0 Å². The molecule has 0 unspecified atom stereocenters. The van der Waals surface area contributed by atoms with Gasteiger partial charge < -0.3 is 19.2 Å². The number of rotatable bonds is 3. The van der Waals surface area contributed by atoms with Crippen LogP contribution in [-0.4, -0.2) is 17.7 Å². The number of hydrogen-bond acceptors (Lipinski definition) is 5. The lowest BCUT2D eigenvalue weighted by atomic mass is 10.1. The topological polar surface area (TPSA) is 73.6 Å². The lowest BCUT2D eigenvalue weighted by molar-refractivity contribution is -0.119. The zero-order valence-corrected chi connectivity index (χ0v) is 15.7. The van der Waals surface area contributed by atoms with Crippen LogP contribution in [0.3, 0.4) is 0 Å². The van der Waals surface area contributed by atoms with Crippen LogP contribution in [0, 0.1) is 6.92 Å². The highest BCUT2D eigenvalue weighted by Gasteiger charge is 2.20.